The Hall–Kier alpha value is -2.35. The predicted molar refractivity (Wildman–Crippen MR) is 74.9 cm³/mol. The standard InChI is InChI=1S/C12H14N4O3S/c1-8(17)9-4-3-5-10(6-9)15-20(18,19)11-7-16(2)14-12(11)13/h3-7,15H,1-2H3,(H2,13,14). The van der Waals surface area contributed by atoms with E-state index in [1.807, 2.05) is 0 Å². The lowest BCUT2D eigenvalue weighted by Gasteiger charge is -2.07. The SMILES string of the molecule is CC(=O)c1cccc(NS(=O)(=O)c2cn(C)nc2N)c1. The molecule has 0 bridgehead atoms. The molecule has 2 aromatic rings. The maximum absolute atomic E-state index is 12.2. The molecule has 1 aromatic carbocycles. The van der Waals surface area contributed by atoms with Gasteiger partial charge < -0.3 is 5.73 Å². The van der Waals surface area contributed by atoms with Gasteiger partial charge in [-0.15, -0.1) is 0 Å². The minimum atomic E-state index is -3.84. The number of nitrogens with one attached hydrogen (secondary N) is 1. The van der Waals surface area contributed by atoms with Crippen LogP contribution in [-0.4, -0.2) is 24.0 Å². The molecule has 0 aliphatic rings. The lowest BCUT2D eigenvalue weighted by atomic mass is 10.1. The number of ketones is 1. The lowest BCUT2D eigenvalue weighted by molar-refractivity contribution is 0.101. The maximum Gasteiger partial charge on any atom is 0.267 e. The second-order valence-corrected chi connectivity index (χ2v) is 5.95. The van der Waals surface area contributed by atoms with E-state index >= 15 is 0 Å². The van der Waals surface area contributed by atoms with E-state index in [-0.39, 0.29) is 16.5 Å². The number of carbonyl (C=O) groups is 1. The molecule has 1 heterocycles. The number of nitrogens with two attached hydrogens (primary N) is 1. The number of hydrogen-bond acceptors (Lipinski definition) is 5. The van der Waals surface area contributed by atoms with Crippen molar-refractivity contribution in [2.75, 3.05) is 10.5 Å². The average Bonchev–Trinajstić information content (AvgIpc) is 2.69. The van der Waals surface area contributed by atoms with Crippen molar-refractivity contribution in [2.45, 2.75) is 11.8 Å². The molecule has 7 nitrogen and oxygen atoms in total. The molecule has 0 spiro atoms. The first-order chi connectivity index (χ1) is 9.29. The second-order valence-electron chi connectivity index (χ2n) is 4.29. The molecule has 0 aliphatic carbocycles. The van der Waals surface area contributed by atoms with Gasteiger partial charge in [-0.1, -0.05) is 12.1 Å². The molecule has 8 heteroatoms. The Bertz CT molecular complexity index is 765. The van der Waals surface area contributed by atoms with E-state index in [2.05, 4.69) is 9.82 Å². The summed E-state index contributed by atoms with van der Waals surface area (Å²) in [5, 5.41) is 3.79. The summed E-state index contributed by atoms with van der Waals surface area (Å²) in [5.74, 6) is -0.227. The van der Waals surface area contributed by atoms with Gasteiger partial charge >= 0.3 is 0 Å². The molecule has 0 aliphatic heterocycles. The van der Waals surface area contributed by atoms with Gasteiger partial charge in [-0.3, -0.25) is 14.2 Å². The third-order valence-electron chi connectivity index (χ3n) is 2.63. The van der Waals surface area contributed by atoms with Crippen molar-refractivity contribution in [2.24, 2.45) is 7.05 Å². The number of nitrogens with zero attached hydrogens (tertiary/aromatic N) is 2. The second kappa shape index (κ2) is 4.97. The Labute approximate surface area is 116 Å². The van der Waals surface area contributed by atoms with Gasteiger partial charge in [-0.2, -0.15) is 5.10 Å². The number of anilines is 2. The van der Waals surface area contributed by atoms with E-state index in [0.717, 1.165) is 0 Å². The van der Waals surface area contributed by atoms with Gasteiger partial charge in [0.25, 0.3) is 10.0 Å². The van der Waals surface area contributed by atoms with Crippen molar-refractivity contribution in [1.82, 2.24) is 9.78 Å². The van der Waals surface area contributed by atoms with Crippen LogP contribution < -0.4 is 10.5 Å². The fourth-order valence-corrected chi connectivity index (χ4v) is 2.86. The molecule has 1 aromatic heterocycles. The van der Waals surface area contributed by atoms with E-state index < -0.39 is 10.0 Å². The van der Waals surface area contributed by atoms with Crippen LogP contribution in [0.25, 0.3) is 0 Å². The minimum Gasteiger partial charge on any atom is -0.381 e. The van der Waals surface area contributed by atoms with Crippen molar-refractivity contribution in [3.8, 4) is 0 Å². The fourth-order valence-electron chi connectivity index (χ4n) is 1.70. The van der Waals surface area contributed by atoms with Crippen LogP contribution in [0.5, 0.6) is 0 Å². The van der Waals surface area contributed by atoms with Crippen LogP contribution >= 0.6 is 0 Å². The first-order valence-corrected chi connectivity index (χ1v) is 7.21. The molecule has 0 unspecified atom stereocenters. The lowest BCUT2D eigenvalue weighted by Crippen LogP contribution is -2.14. The summed E-state index contributed by atoms with van der Waals surface area (Å²) in [4.78, 5) is 11.2. The van der Waals surface area contributed by atoms with Gasteiger partial charge in [0.2, 0.25) is 0 Å². The molecule has 106 valence electrons. The number of aromatic nitrogens is 2. The molecular formula is C12H14N4O3S. The highest BCUT2D eigenvalue weighted by atomic mass is 32.2. The van der Waals surface area contributed by atoms with Crippen LogP contribution in [0, 0.1) is 0 Å². The summed E-state index contributed by atoms with van der Waals surface area (Å²) in [6, 6.07) is 6.22. The Morgan fingerprint density at radius 3 is 2.65 bits per heavy atom. The van der Waals surface area contributed by atoms with Crippen LogP contribution in [0.2, 0.25) is 0 Å². The third kappa shape index (κ3) is 2.80. The van der Waals surface area contributed by atoms with Crippen LogP contribution in [-0.2, 0) is 17.1 Å². The quantitative estimate of drug-likeness (QED) is 0.818. The predicted octanol–water partition coefficient (Wildman–Crippen LogP) is 1.01. The zero-order chi connectivity index (χ0) is 14.9. The molecule has 0 atom stereocenters. The zero-order valence-electron chi connectivity index (χ0n) is 11.0. The monoisotopic (exact) mass is 294 g/mol. The van der Waals surface area contributed by atoms with Crippen LogP contribution in [0.15, 0.2) is 35.4 Å². The maximum atomic E-state index is 12.2. The number of sulfonamides is 1. The zero-order valence-corrected chi connectivity index (χ0v) is 11.8. The molecule has 0 amide bonds. The number of hydrogen-bond donors (Lipinski definition) is 2. The molecule has 2 rings (SSSR count). The number of benzene rings is 1. The Morgan fingerprint density at radius 1 is 1.40 bits per heavy atom. The number of carbonyl (C=O) groups excluding carboxylic acids is 1. The number of Topliss-reactive ketones (excluding diaryl/α,β-unsaturated/α-hetero) is 1. The van der Waals surface area contributed by atoms with Gasteiger partial charge in [0.15, 0.2) is 11.6 Å². The van der Waals surface area contributed by atoms with Crippen molar-refractivity contribution in [3.05, 3.63) is 36.0 Å². The average molecular weight is 294 g/mol. The Balaban J connectivity index is 2.36. The summed E-state index contributed by atoms with van der Waals surface area (Å²) in [5.41, 5.74) is 6.27. The van der Waals surface area contributed by atoms with Gasteiger partial charge in [0.1, 0.15) is 4.90 Å². The van der Waals surface area contributed by atoms with E-state index in [1.54, 1.807) is 25.2 Å². The van der Waals surface area contributed by atoms with E-state index in [1.165, 1.54) is 23.9 Å². The van der Waals surface area contributed by atoms with Crippen molar-refractivity contribution in [1.29, 1.82) is 0 Å². The molecule has 20 heavy (non-hydrogen) atoms. The summed E-state index contributed by atoms with van der Waals surface area (Å²) >= 11 is 0. The topological polar surface area (TPSA) is 107 Å². The van der Waals surface area contributed by atoms with Crippen LogP contribution in [0.1, 0.15) is 17.3 Å². The highest BCUT2D eigenvalue weighted by molar-refractivity contribution is 7.92. The fraction of sp³-hybridized carbons (Fsp3) is 0.167. The summed E-state index contributed by atoms with van der Waals surface area (Å²) in [7, 11) is -2.26. The molecule has 0 saturated heterocycles. The minimum absolute atomic E-state index is 0.0808. The normalized spacial score (nSPS) is 11.3. The van der Waals surface area contributed by atoms with E-state index in [4.69, 9.17) is 5.73 Å². The highest BCUT2D eigenvalue weighted by Crippen LogP contribution is 2.20. The summed E-state index contributed by atoms with van der Waals surface area (Å²) in [6.07, 6.45) is 1.31. The Morgan fingerprint density at radius 2 is 2.10 bits per heavy atom. The van der Waals surface area contributed by atoms with Gasteiger partial charge in [-0.25, -0.2) is 8.42 Å². The summed E-state index contributed by atoms with van der Waals surface area (Å²) in [6.45, 7) is 1.41. The van der Waals surface area contributed by atoms with Crippen molar-refractivity contribution in [3.63, 3.8) is 0 Å². The van der Waals surface area contributed by atoms with Gasteiger partial charge in [-0.05, 0) is 19.1 Å². The molecule has 0 saturated carbocycles. The first-order valence-electron chi connectivity index (χ1n) is 5.72. The number of rotatable bonds is 4. The molecular weight excluding hydrogens is 280 g/mol. The summed E-state index contributed by atoms with van der Waals surface area (Å²) < 4.78 is 28.1. The Kier molecular flexibility index (Phi) is 3.49. The van der Waals surface area contributed by atoms with Crippen molar-refractivity contribution < 1.29 is 13.2 Å². The van der Waals surface area contributed by atoms with Gasteiger partial charge in [0.05, 0.1) is 0 Å². The van der Waals surface area contributed by atoms with Crippen LogP contribution in [0.4, 0.5) is 11.5 Å². The number of aryl methyl sites for hydroxylation is 1. The molecule has 0 fully saturated rings. The first kappa shape index (κ1) is 14.1. The number of nitrogen functional groups attached to an aromatic ring is 1. The molecule has 3 N–H and O–H groups in total. The molecule has 0 radical (unpaired) electrons. The smallest absolute Gasteiger partial charge is 0.267 e. The van der Waals surface area contributed by atoms with Crippen molar-refractivity contribution >= 4 is 27.3 Å². The highest BCUT2D eigenvalue weighted by Gasteiger charge is 2.20. The van der Waals surface area contributed by atoms with E-state index in [0.29, 0.717) is 11.3 Å². The van der Waals surface area contributed by atoms with Crippen LogP contribution in [0.3, 0.4) is 0 Å². The third-order valence-corrected chi connectivity index (χ3v) is 4.03. The van der Waals surface area contributed by atoms with Gasteiger partial charge in [0, 0.05) is 24.5 Å². The largest absolute Gasteiger partial charge is 0.381 e. The van der Waals surface area contributed by atoms with E-state index in [9.17, 15) is 13.2 Å².